The van der Waals surface area contributed by atoms with E-state index in [1.807, 2.05) is 30.0 Å². The zero-order valence-electron chi connectivity index (χ0n) is 10.7. The minimum absolute atomic E-state index is 0.00880. The van der Waals surface area contributed by atoms with Gasteiger partial charge in [0, 0.05) is 4.90 Å². The maximum atomic E-state index is 11.2. The maximum Gasteiger partial charge on any atom is 0.306 e. The summed E-state index contributed by atoms with van der Waals surface area (Å²) in [4.78, 5) is 12.5. The summed E-state index contributed by atoms with van der Waals surface area (Å²) in [6.45, 7) is 4.21. The van der Waals surface area contributed by atoms with Crippen LogP contribution in [0.3, 0.4) is 0 Å². The molecule has 3 heteroatoms. The van der Waals surface area contributed by atoms with Crippen LogP contribution in [0.5, 0.6) is 0 Å². The Hall–Kier alpha value is -0.960. The predicted octanol–water partition coefficient (Wildman–Crippen LogP) is 3.76. The molecule has 0 aliphatic rings. The third kappa shape index (κ3) is 5.78. The first-order chi connectivity index (χ1) is 8.03. The lowest BCUT2D eigenvalue weighted by atomic mass is 9.86. The van der Waals surface area contributed by atoms with E-state index in [9.17, 15) is 4.79 Å². The molecule has 0 spiro atoms. The van der Waals surface area contributed by atoms with Crippen LogP contribution in [-0.4, -0.2) is 18.8 Å². The summed E-state index contributed by atoms with van der Waals surface area (Å²) in [6.07, 6.45) is 1.49. The van der Waals surface area contributed by atoms with Crippen molar-refractivity contribution in [1.29, 1.82) is 0 Å². The lowest BCUT2D eigenvalue weighted by molar-refractivity contribution is -0.142. The lowest BCUT2D eigenvalue weighted by Crippen LogP contribution is -2.18. The lowest BCUT2D eigenvalue weighted by Gasteiger charge is -2.22. The quantitative estimate of drug-likeness (QED) is 0.569. The van der Waals surface area contributed by atoms with E-state index in [4.69, 9.17) is 4.74 Å². The molecule has 0 unspecified atom stereocenters. The van der Waals surface area contributed by atoms with Crippen LogP contribution in [0.15, 0.2) is 35.2 Å². The second kappa shape index (κ2) is 6.70. The third-order valence-electron chi connectivity index (χ3n) is 2.64. The van der Waals surface area contributed by atoms with Gasteiger partial charge in [0.05, 0.1) is 13.5 Å². The van der Waals surface area contributed by atoms with Gasteiger partial charge in [0.15, 0.2) is 0 Å². The minimum Gasteiger partial charge on any atom is -0.469 e. The molecule has 0 saturated heterocycles. The van der Waals surface area contributed by atoms with Crippen LogP contribution >= 0.6 is 11.8 Å². The molecular weight excluding hydrogens is 232 g/mol. The van der Waals surface area contributed by atoms with E-state index >= 15 is 0 Å². The third-order valence-corrected chi connectivity index (χ3v) is 3.66. The number of ether oxygens (including phenoxy) is 1. The highest BCUT2D eigenvalue weighted by Crippen LogP contribution is 2.29. The molecule has 0 atom stereocenters. The molecule has 0 heterocycles. The largest absolute Gasteiger partial charge is 0.469 e. The zero-order valence-corrected chi connectivity index (χ0v) is 11.5. The molecule has 0 radical (unpaired) electrons. The molecule has 1 aromatic rings. The normalized spacial score (nSPS) is 11.2. The van der Waals surface area contributed by atoms with Gasteiger partial charge in [-0.1, -0.05) is 32.0 Å². The molecule has 0 bridgehead atoms. The molecular formula is C14H20O2S. The van der Waals surface area contributed by atoms with Gasteiger partial charge in [-0.3, -0.25) is 4.79 Å². The van der Waals surface area contributed by atoms with Crippen LogP contribution in [0.2, 0.25) is 0 Å². The topological polar surface area (TPSA) is 26.3 Å². The number of thioether (sulfide) groups is 1. The monoisotopic (exact) mass is 252 g/mol. The van der Waals surface area contributed by atoms with Crippen molar-refractivity contribution in [3.05, 3.63) is 30.3 Å². The van der Waals surface area contributed by atoms with Crippen molar-refractivity contribution in [2.45, 2.75) is 31.6 Å². The Kier molecular flexibility index (Phi) is 5.56. The van der Waals surface area contributed by atoms with Gasteiger partial charge in [0.1, 0.15) is 0 Å². The number of hydrogen-bond acceptors (Lipinski definition) is 3. The predicted molar refractivity (Wildman–Crippen MR) is 72.2 cm³/mol. The van der Waals surface area contributed by atoms with Gasteiger partial charge in [-0.25, -0.2) is 0 Å². The van der Waals surface area contributed by atoms with Crippen LogP contribution < -0.4 is 0 Å². The Morgan fingerprint density at radius 2 is 1.94 bits per heavy atom. The number of hydrogen-bond donors (Lipinski definition) is 0. The standard InChI is InChI=1S/C14H20O2S/c1-14(2,11-13(15)16-3)9-10-17-12-7-5-4-6-8-12/h4-8H,9-11H2,1-3H3. The second-order valence-electron chi connectivity index (χ2n) is 4.83. The van der Waals surface area contributed by atoms with Gasteiger partial charge >= 0.3 is 5.97 Å². The summed E-state index contributed by atoms with van der Waals surface area (Å²) < 4.78 is 4.70. The highest BCUT2D eigenvalue weighted by molar-refractivity contribution is 7.99. The summed E-state index contributed by atoms with van der Waals surface area (Å²) >= 11 is 1.83. The fourth-order valence-corrected chi connectivity index (χ4v) is 2.75. The summed E-state index contributed by atoms with van der Waals surface area (Å²) in [7, 11) is 1.44. The van der Waals surface area contributed by atoms with E-state index in [-0.39, 0.29) is 11.4 Å². The molecule has 1 aromatic carbocycles. The summed E-state index contributed by atoms with van der Waals surface area (Å²) in [6, 6.07) is 10.3. The molecule has 2 nitrogen and oxygen atoms in total. The SMILES string of the molecule is COC(=O)CC(C)(C)CCSc1ccccc1. The van der Waals surface area contributed by atoms with Crippen LogP contribution in [-0.2, 0) is 9.53 Å². The van der Waals surface area contributed by atoms with Crippen molar-refractivity contribution in [2.75, 3.05) is 12.9 Å². The highest BCUT2D eigenvalue weighted by Gasteiger charge is 2.22. The van der Waals surface area contributed by atoms with Crippen LogP contribution in [0.4, 0.5) is 0 Å². The van der Waals surface area contributed by atoms with Gasteiger partial charge in [0.25, 0.3) is 0 Å². The fraction of sp³-hybridized carbons (Fsp3) is 0.500. The second-order valence-corrected chi connectivity index (χ2v) is 6.00. The molecule has 0 amide bonds. The van der Waals surface area contributed by atoms with E-state index in [2.05, 4.69) is 26.0 Å². The molecule has 0 aliphatic heterocycles. The fourth-order valence-electron chi connectivity index (χ4n) is 1.51. The van der Waals surface area contributed by atoms with Crippen molar-refractivity contribution in [3.8, 4) is 0 Å². The number of rotatable bonds is 6. The molecule has 17 heavy (non-hydrogen) atoms. The van der Waals surface area contributed by atoms with E-state index < -0.39 is 0 Å². The van der Waals surface area contributed by atoms with Crippen molar-refractivity contribution in [3.63, 3.8) is 0 Å². The van der Waals surface area contributed by atoms with E-state index in [1.165, 1.54) is 12.0 Å². The van der Waals surface area contributed by atoms with Gasteiger partial charge < -0.3 is 4.74 Å². The van der Waals surface area contributed by atoms with Gasteiger partial charge in [0.2, 0.25) is 0 Å². The first kappa shape index (κ1) is 14.1. The Bertz CT molecular complexity index is 346. The number of methoxy groups -OCH3 is 1. The van der Waals surface area contributed by atoms with Crippen LogP contribution in [0.25, 0.3) is 0 Å². The molecule has 0 N–H and O–H groups in total. The molecule has 1 rings (SSSR count). The minimum atomic E-state index is -0.125. The smallest absolute Gasteiger partial charge is 0.306 e. The van der Waals surface area contributed by atoms with Crippen LogP contribution in [0, 0.1) is 5.41 Å². The Morgan fingerprint density at radius 3 is 2.53 bits per heavy atom. The summed E-state index contributed by atoms with van der Waals surface area (Å²) in [5.74, 6) is 0.897. The number of carbonyl (C=O) groups excluding carboxylic acids is 1. The summed E-state index contributed by atoms with van der Waals surface area (Å²) in [5, 5.41) is 0. The summed E-state index contributed by atoms with van der Waals surface area (Å²) in [5.41, 5.74) is 0.00880. The Balaban J connectivity index is 2.32. The van der Waals surface area contributed by atoms with Crippen LogP contribution in [0.1, 0.15) is 26.7 Å². The Labute approximate surface area is 108 Å². The number of carbonyl (C=O) groups is 1. The Morgan fingerprint density at radius 1 is 1.29 bits per heavy atom. The van der Waals surface area contributed by atoms with E-state index in [0.29, 0.717) is 6.42 Å². The van der Waals surface area contributed by atoms with Gasteiger partial charge in [-0.15, -0.1) is 11.8 Å². The molecule has 0 saturated carbocycles. The highest BCUT2D eigenvalue weighted by atomic mass is 32.2. The average molecular weight is 252 g/mol. The van der Waals surface area contributed by atoms with Crippen molar-refractivity contribution < 1.29 is 9.53 Å². The number of esters is 1. The van der Waals surface area contributed by atoms with E-state index in [0.717, 1.165) is 12.2 Å². The molecule has 0 aromatic heterocycles. The van der Waals surface area contributed by atoms with E-state index in [1.54, 1.807) is 0 Å². The molecule has 0 aliphatic carbocycles. The van der Waals surface area contributed by atoms with Gasteiger partial charge in [-0.05, 0) is 29.7 Å². The van der Waals surface area contributed by atoms with Crippen molar-refractivity contribution in [2.24, 2.45) is 5.41 Å². The first-order valence-corrected chi connectivity index (χ1v) is 6.77. The van der Waals surface area contributed by atoms with Crippen molar-refractivity contribution >= 4 is 17.7 Å². The molecule has 0 fully saturated rings. The van der Waals surface area contributed by atoms with Crippen molar-refractivity contribution in [1.82, 2.24) is 0 Å². The average Bonchev–Trinajstić information content (AvgIpc) is 2.29. The molecule has 94 valence electrons. The maximum absolute atomic E-state index is 11.2. The van der Waals surface area contributed by atoms with Gasteiger partial charge in [-0.2, -0.15) is 0 Å². The number of benzene rings is 1. The first-order valence-electron chi connectivity index (χ1n) is 5.78. The zero-order chi connectivity index (χ0) is 12.7.